The molecule has 0 bridgehead atoms. The Labute approximate surface area is 136 Å². The molecular formula is C16H24N2O5. The van der Waals surface area contributed by atoms with Gasteiger partial charge < -0.3 is 19.2 Å². The number of hydrogen-bond donors (Lipinski definition) is 1. The minimum absolute atomic E-state index is 0.310. The molecule has 0 aromatic carbocycles. The Hall–Kier alpha value is -2.31. The largest absolute Gasteiger partial charge is 0.463 e. The molecule has 0 unspecified atom stereocenters. The van der Waals surface area contributed by atoms with Crippen molar-refractivity contribution in [3.05, 3.63) is 23.9 Å². The van der Waals surface area contributed by atoms with Crippen molar-refractivity contribution in [2.75, 3.05) is 6.61 Å². The SMILES string of the molecule is CCOC(=O)/C=C/c1coc([C@H](CC)NC(=O)OC(C)(C)C)n1. The highest BCUT2D eigenvalue weighted by Gasteiger charge is 2.22. The summed E-state index contributed by atoms with van der Waals surface area (Å²) in [6.45, 7) is 9.30. The second-order valence-corrected chi connectivity index (χ2v) is 5.80. The van der Waals surface area contributed by atoms with Crippen molar-refractivity contribution in [2.24, 2.45) is 0 Å². The van der Waals surface area contributed by atoms with Gasteiger partial charge in [0.05, 0.1) is 6.61 Å². The zero-order valence-corrected chi connectivity index (χ0v) is 14.2. The highest BCUT2D eigenvalue weighted by Crippen LogP contribution is 2.18. The Morgan fingerprint density at radius 1 is 1.39 bits per heavy atom. The fourth-order valence-electron chi connectivity index (χ4n) is 1.67. The number of alkyl carbamates (subject to hydrolysis) is 1. The minimum atomic E-state index is -0.577. The van der Waals surface area contributed by atoms with Gasteiger partial charge in [-0.25, -0.2) is 14.6 Å². The van der Waals surface area contributed by atoms with E-state index in [0.29, 0.717) is 24.6 Å². The number of nitrogens with zero attached hydrogens (tertiary/aromatic N) is 1. The van der Waals surface area contributed by atoms with E-state index in [2.05, 4.69) is 10.3 Å². The van der Waals surface area contributed by atoms with E-state index in [1.54, 1.807) is 27.7 Å². The van der Waals surface area contributed by atoms with Gasteiger partial charge in [0.25, 0.3) is 0 Å². The lowest BCUT2D eigenvalue weighted by Gasteiger charge is -2.21. The number of carbonyl (C=O) groups excluding carboxylic acids is 2. The van der Waals surface area contributed by atoms with E-state index in [1.165, 1.54) is 18.4 Å². The summed E-state index contributed by atoms with van der Waals surface area (Å²) in [5.74, 6) is -0.0992. The van der Waals surface area contributed by atoms with Gasteiger partial charge in [-0.1, -0.05) is 6.92 Å². The summed E-state index contributed by atoms with van der Waals surface area (Å²) in [7, 11) is 0. The number of ether oxygens (including phenoxy) is 2. The zero-order valence-electron chi connectivity index (χ0n) is 14.2. The van der Waals surface area contributed by atoms with Crippen LogP contribution in [0.1, 0.15) is 58.7 Å². The lowest BCUT2D eigenvalue weighted by molar-refractivity contribution is -0.137. The van der Waals surface area contributed by atoms with Crippen LogP contribution in [0.2, 0.25) is 0 Å². The summed E-state index contributed by atoms with van der Waals surface area (Å²) >= 11 is 0. The topological polar surface area (TPSA) is 90.7 Å². The van der Waals surface area contributed by atoms with Crippen molar-refractivity contribution in [3.63, 3.8) is 0 Å². The quantitative estimate of drug-likeness (QED) is 0.638. The summed E-state index contributed by atoms with van der Waals surface area (Å²) in [4.78, 5) is 27.3. The first-order chi connectivity index (χ1) is 10.7. The normalized spacial score (nSPS) is 12.9. The van der Waals surface area contributed by atoms with E-state index in [1.807, 2.05) is 6.92 Å². The zero-order chi connectivity index (χ0) is 17.5. The Morgan fingerprint density at radius 2 is 2.09 bits per heavy atom. The van der Waals surface area contributed by atoms with Crippen molar-refractivity contribution in [2.45, 2.75) is 52.7 Å². The second-order valence-electron chi connectivity index (χ2n) is 5.80. The highest BCUT2D eigenvalue weighted by molar-refractivity contribution is 5.86. The summed E-state index contributed by atoms with van der Waals surface area (Å²) in [6.07, 6.45) is 4.22. The van der Waals surface area contributed by atoms with Gasteiger partial charge in [-0.3, -0.25) is 0 Å². The number of nitrogens with one attached hydrogen (secondary N) is 1. The van der Waals surface area contributed by atoms with Gasteiger partial charge in [0.1, 0.15) is 23.6 Å². The van der Waals surface area contributed by atoms with Gasteiger partial charge >= 0.3 is 12.1 Å². The molecule has 23 heavy (non-hydrogen) atoms. The predicted molar refractivity (Wildman–Crippen MR) is 84.6 cm³/mol. The molecule has 0 saturated heterocycles. The van der Waals surface area contributed by atoms with Crippen LogP contribution in [0.15, 0.2) is 16.8 Å². The van der Waals surface area contributed by atoms with Crippen LogP contribution in [-0.4, -0.2) is 29.3 Å². The monoisotopic (exact) mass is 324 g/mol. The van der Waals surface area contributed by atoms with E-state index in [9.17, 15) is 9.59 Å². The average Bonchev–Trinajstić information content (AvgIpc) is 2.89. The van der Waals surface area contributed by atoms with Gasteiger partial charge in [-0.05, 0) is 40.2 Å². The molecule has 0 aliphatic carbocycles. The summed E-state index contributed by atoms with van der Waals surface area (Å²) in [6, 6.07) is -0.408. The molecule has 1 heterocycles. The van der Waals surface area contributed by atoms with Crippen LogP contribution >= 0.6 is 0 Å². The number of oxazole rings is 1. The first kappa shape index (κ1) is 18.7. The molecule has 1 aromatic rings. The Morgan fingerprint density at radius 3 is 2.65 bits per heavy atom. The molecule has 1 amide bonds. The van der Waals surface area contributed by atoms with Crippen LogP contribution in [-0.2, 0) is 14.3 Å². The highest BCUT2D eigenvalue weighted by atomic mass is 16.6. The first-order valence-corrected chi connectivity index (χ1v) is 7.55. The van der Waals surface area contributed by atoms with Crippen molar-refractivity contribution in [1.82, 2.24) is 10.3 Å². The standard InChI is InChI=1S/C16H24N2O5/c1-6-12(18-15(20)23-16(3,4)5)14-17-11(10-22-14)8-9-13(19)21-7-2/h8-10,12H,6-7H2,1-5H3,(H,18,20)/b9-8+/t12-/m0/s1. The molecule has 7 nitrogen and oxygen atoms in total. The van der Waals surface area contributed by atoms with E-state index in [-0.39, 0.29) is 0 Å². The van der Waals surface area contributed by atoms with E-state index in [4.69, 9.17) is 13.9 Å². The third-order valence-electron chi connectivity index (χ3n) is 2.61. The molecule has 7 heteroatoms. The molecule has 1 N–H and O–H groups in total. The molecule has 0 radical (unpaired) electrons. The fraction of sp³-hybridized carbons (Fsp3) is 0.562. The van der Waals surface area contributed by atoms with Gasteiger partial charge in [0.2, 0.25) is 5.89 Å². The Balaban J connectivity index is 2.69. The van der Waals surface area contributed by atoms with Gasteiger partial charge in [-0.15, -0.1) is 0 Å². The second kappa shape index (κ2) is 8.36. The summed E-state index contributed by atoms with van der Waals surface area (Å²) in [5, 5.41) is 2.70. The van der Waals surface area contributed by atoms with Crippen molar-refractivity contribution in [3.8, 4) is 0 Å². The average molecular weight is 324 g/mol. The lowest BCUT2D eigenvalue weighted by Crippen LogP contribution is -2.34. The molecule has 1 rings (SSSR count). The molecule has 1 atom stereocenters. The van der Waals surface area contributed by atoms with Crippen molar-refractivity contribution >= 4 is 18.1 Å². The number of amides is 1. The maximum atomic E-state index is 11.8. The third-order valence-corrected chi connectivity index (χ3v) is 2.61. The number of rotatable bonds is 6. The van der Waals surface area contributed by atoms with Gasteiger partial charge in [-0.2, -0.15) is 0 Å². The fourth-order valence-corrected chi connectivity index (χ4v) is 1.67. The summed E-state index contributed by atoms with van der Waals surface area (Å²) in [5.41, 5.74) is -0.107. The van der Waals surface area contributed by atoms with E-state index >= 15 is 0 Å². The van der Waals surface area contributed by atoms with Gasteiger partial charge in [0.15, 0.2) is 0 Å². The van der Waals surface area contributed by atoms with Crippen LogP contribution in [0.25, 0.3) is 6.08 Å². The molecule has 128 valence electrons. The van der Waals surface area contributed by atoms with E-state index < -0.39 is 23.7 Å². The minimum Gasteiger partial charge on any atom is -0.463 e. The number of esters is 1. The van der Waals surface area contributed by atoms with Crippen LogP contribution < -0.4 is 5.32 Å². The summed E-state index contributed by atoms with van der Waals surface area (Å²) < 4.78 is 15.3. The maximum Gasteiger partial charge on any atom is 0.408 e. The number of aromatic nitrogens is 1. The van der Waals surface area contributed by atoms with Gasteiger partial charge in [0, 0.05) is 6.08 Å². The predicted octanol–water partition coefficient (Wildman–Crippen LogP) is 3.23. The molecule has 1 aromatic heterocycles. The van der Waals surface area contributed by atoms with Crippen LogP contribution in [0, 0.1) is 0 Å². The Bertz CT molecular complexity index is 557. The van der Waals surface area contributed by atoms with Crippen LogP contribution in [0.3, 0.4) is 0 Å². The van der Waals surface area contributed by atoms with Crippen molar-refractivity contribution in [1.29, 1.82) is 0 Å². The third kappa shape index (κ3) is 6.99. The Kier molecular flexibility index (Phi) is 6.81. The molecule has 0 fully saturated rings. The lowest BCUT2D eigenvalue weighted by atomic mass is 10.2. The molecular weight excluding hydrogens is 300 g/mol. The molecule has 0 aliphatic heterocycles. The smallest absolute Gasteiger partial charge is 0.408 e. The first-order valence-electron chi connectivity index (χ1n) is 7.55. The number of hydrogen-bond acceptors (Lipinski definition) is 6. The number of carbonyl (C=O) groups is 2. The maximum absolute atomic E-state index is 11.8. The molecule has 0 spiro atoms. The van der Waals surface area contributed by atoms with Crippen LogP contribution in [0.5, 0.6) is 0 Å². The van der Waals surface area contributed by atoms with Crippen molar-refractivity contribution < 1.29 is 23.5 Å². The molecule has 0 aliphatic rings. The van der Waals surface area contributed by atoms with E-state index in [0.717, 1.165) is 0 Å². The molecule has 0 saturated carbocycles. The van der Waals surface area contributed by atoms with Crippen LogP contribution in [0.4, 0.5) is 4.79 Å².